The topological polar surface area (TPSA) is 26.3 Å². The summed E-state index contributed by atoms with van der Waals surface area (Å²) in [7, 11) is 0. The number of carbonyl (C=O) groups excluding carboxylic acids is 1. The highest BCUT2D eigenvalue weighted by atomic mass is 16.5. The Bertz CT molecular complexity index is 208. The molecule has 2 heteroatoms. The van der Waals surface area contributed by atoms with Gasteiger partial charge in [-0.05, 0) is 45.6 Å². The van der Waals surface area contributed by atoms with Gasteiger partial charge in [0.05, 0.1) is 6.10 Å². The van der Waals surface area contributed by atoms with Crippen LogP contribution in [0, 0.1) is 0 Å². The highest BCUT2D eigenvalue weighted by Crippen LogP contribution is 2.17. The molecule has 0 spiro atoms. The number of carbonyl (C=O) groups is 1. The summed E-state index contributed by atoms with van der Waals surface area (Å²) in [6.45, 7) is 4.78. The molecule has 0 aromatic heterocycles. The summed E-state index contributed by atoms with van der Waals surface area (Å²) in [5.41, 5.74) is 1.08. The van der Waals surface area contributed by atoms with Gasteiger partial charge in [0.25, 0.3) is 0 Å². The Morgan fingerprint density at radius 1 is 1.43 bits per heavy atom. The van der Waals surface area contributed by atoms with E-state index in [-0.39, 0.29) is 5.78 Å². The van der Waals surface area contributed by atoms with E-state index in [1.165, 1.54) is 12.8 Å². The summed E-state index contributed by atoms with van der Waals surface area (Å²) in [6.07, 6.45) is 7.14. The fraction of sp³-hybridized carbons (Fsp3) is 0.750. The van der Waals surface area contributed by atoms with E-state index in [1.807, 2.05) is 13.8 Å². The molecule has 0 radical (unpaired) electrons. The van der Waals surface area contributed by atoms with Gasteiger partial charge < -0.3 is 4.74 Å². The molecular weight excluding hydrogens is 176 g/mol. The van der Waals surface area contributed by atoms with Gasteiger partial charge in [0.1, 0.15) is 0 Å². The van der Waals surface area contributed by atoms with Crippen molar-refractivity contribution in [3.05, 3.63) is 11.6 Å². The summed E-state index contributed by atoms with van der Waals surface area (Å²) in [5.74, 6) is 0.235. The molecule has 1 aliphatic rings. The first kappa shape index (κ1) is 11.4. The van der Waals surface area contributed by atoms with E-state index in [0.717, 1.165) is 25.0 Å². The van der Waals surface area contributed by atoms with Crippen LogP contribution in [-0.4, -0.2) is 18.5 Å². The van der Waals surface area contributed by atoms with Crippen LogP contribution < -0.4 is 0 Å². The Morgan fingerprint density at radius 2 is 2.21 bits per heavy atom. The lowest BCUT2D eigenvalue weighted by atomic mass is 10.0. The zero-order valence-electron chi connectivity index (χ0n) is 9.21. The second-order valence-electron chi connectivity index (χ2n) is 4.22. The number of ether oxygens (including phenoxy) is 1. The molecule has 0 bridgehead atoms. The van der Waals surface area contributed by atoms with E-state index >= 15 is 0 Å². The van der Waals surface area contributed by atoms with Gasteiger partial charge in [0.2, 0.25) is 0 Å². The largest absolute Gasteiger partial charge is 0.378 e. The first-order chi connectivity index (χ1) is 6.68. The zero-order valence-corrected chi connectivity index (χ0v) is 9.21. The smallest absolute Gasteiger partial charge is 0.155 e. The van der Waals surface area contributed by atoms with Crippen LogP contribution in [0.25, 0.3) is 0 Å². The minimum Gasteiger partial charge on any atom is -0.378 e. The molecule has 1 atom stereocenters. The van der Waals surface area contributed by atoms with Gasteiger partial charge in [-0.25, -0.2) is 0 Å². The van der Waals surface area contributed by atoms with Gasteiger partial charge in [-0.15, -0.1) is 0 Å². The average molecular weight is 196 g/mol. The fourth-order valence-corrected chi connectivity index (χ4v) is 1.73. The van der Waals surface area contributed by atoms with Gasteiger partial charge in [-0.1, -0.05) is 5.57 Å². The third-order valence-electron chi connectivity index (χ3n) is 2.44. The molecule has 1 unspecified atom stereocenters. The number of allylic oxidation sites excluding steroid dienone is 2. The molecule has 2 nitrogen and oxygen atoms in total. The molecule has 0 N–H and O–H groups in total. The van der Waals surface area contributed by atoms with E-state index in [2.05, 4.69) is 0 Å². The molecule has 0 aliphatic carbocycles. The summed E-state index contributed by atoms with van der Waals surface area (Å²) in [6, 6.07) is 0. The Kier molecular flexibility index (Phi) is 4.88. The van der Waals surface area contributed by atoms with Gasteiger partial charge in [-0.2, -0.15) is 0 Å². The second-order valence-corrected chi connectivity index (χ2v) is 4.22. The normalized spacial score (nSPS) is 21.7. The molecule has 1 rings (SSSR count). The van der Waals surface area contributed by atoms with Crippen molar-refractivity contribution >= 4 is 5.78 Å². The monoisotopic (exact) mass is 196 g/mol. The van der Waals surface area contributed by atoms with Crippen molar-refractivity contribution in [2.24, 2.45) is 0 Å². The van der Waals surface area contributed by atoms with E-state index < -0.39 is 0 Å². The molecular formula is C12H20O2. The van der Waals surface area contributed by atoms with Crippen LogP contribution in [-0.2, 0) is 9.53 Å². The lowest BCUT2D eigenvalue weighted by Crippen LogP contribution is -2.19. The minimum absolute atomic E-state index is 0.235. The fourth-order valence-electron chi connectivity index (χ4n) is 1.73. The Hall–Kier alpha value is -0.630. The number of hydrogen-bond donors (Lipinski definition) is 0. The maximum atomic E-state index is 11.4. The molecule has 14 heavy (non-hydrogen) atoms. The molecule has 1 fully saturated rings. The van der Waals surface area contributed by atoms with Crippen LogP contribution >= 0.6 is 0 Å². The third kappa shape index (κ3) is 4.56. The highest BCUT2D eigenvalue weighted by molar-refractivity contribution is 5.90. The van der Waals surface area contributed by atoms with Gasteiger partial charge >= 0.3 is 0 Å². The van der Waals surface area contributed by atoms with Crippen molar-refractivity contribution in [2.45, 2.75) is 52.1 Å². The summed E-state index contributed by atoms with van der Waals surface area (Å²) in [5, 5.41) is 0. The van der Waals surface area contributed by atoms with E-state index in [4.69, 9.17) is 4.74 Å². The predicted molar refractivity (Wildman–Crippen MR) is 57.3 cm³/mol. The van der Waals surface area contributed by atoms with Crippen LogP contribution in [0.1, 0.15) is 46.0 Å². The molecule has 0 aromatic carbocycles. The standard InChI is InChI=1S/C12H20O2/c1-10(2)9-11(13)6-7-12-5-3-4-8-14-12/h9,12H,3-8H2,1-2H3. The Labute approximate surface area is 86.3 Å². The second kappa shape index (κ2) is 5.97. The van der Waals surface area contributed by atoms with Crippen molar-refractivity contribution in [1.29, 1.82) is 0 Å². The van der Waals surface area contributed by atoms with Gasteiger partial charge in [0, 0.05) is 13.0 Å². The van der Waals surface area contributed by atoms with E-state index in [0.29, 0.717) is 12.5 Å². The van der Waals surface area contributed by atoms with Crippen molar-refractivity contribution in [3.63, 3.8) is 0 Å². The summed E-state index contributed by atoms with van der Waals surface area (Å²) in [4.78, 5) is 11.4. The molecule has 0 saturated carbocycles. The number of ketones is 1. The van der Waals surface area contributed by atoms with Crippen LogP contribution in [0.15, 0.2) is 11.6 Å². The first-order valence-corrected chi connectivity index (χ1v) is 5.48. The quantitative estimate of drug-likeness (QED) is 0.646. The molecule has 1 heterocycles. The van der Waals surface area contributed by atoms with Gasteiger partial charge in [0.15, 0.2) is 5.78 Å². The summed E-state index contributed by atoms with van der Waals surface area (Å²) >= 11 is 0. The van der Waals surface area contributed by atoms with Crippen LogP contribution in [0.2, 0.25) is 0 Å². The van der Waals surface area contributed by atoms with Crippen molar-refractivity contribution < 1.29 is 9.53 Å². The maximum Gasteiger partial charge on any atom is 0.155 e. The highest BCUT2D eigenvalue weighted by Gasteiger charge is 2.14. The predicted octanol–water partition coefficient (Wildman–Crippen LogP) is 2.87. The van der Waals surface area contributed by atoms with Crippen LogP contribution in [0.5, 0.6) is 0 Å². The molecule has 1 saturated heterocycles. The number of hydrogen-bond acceptors (Lipinski definition) is 2. The summed E-state index contributed by atoms with van der Waals surface area (Å²) < 4.78 is 5.56. The van der Waals surface area contributed by atoms with E-state index in [1.54, 1.807) is 6.08 Å². The van der Waals surface area contributed by atoms with E-state index in [9.17, 15) is 4.79 Å². The van der Waals surface area contributed by atoms with Crippen molar-refractivity contribution in [1.82, 2.24) is 0 Å². The third-order valence-corrected chi connectivity index (χ3v) is 2.44. The lowest BCUT2D eigenvalue weighted by molar-refractivity contribution is -0.115. The lowest BCUT2D eigenvalue weighted by Gasteiger charge is -2.21. The van der Waals surface area contributed by atoms with Gasteiger partial charge in [-0.3, -0.25) is 4.79 Å². The molecule has 0 aromatic rings. The Morgan fingerprint density at radius 3 is 2.79 bits per heavy atom. The van der Waals surface area contributed by atoms with Crippen molar-refractivity contribution in [2.75, 3.05) is 6.61 Å². The molecule has 80 valence electrons. The number of rotatable bonds is 4. The molecule has 1 aliphatic heterocycles. The molecule has 0 amide bonds. The minimum atomic E-state index is 0.235. The van der Waals surface area contributed by atoms with Crippen molar-refractivity contribution in [3.8, 4) is 0 Å². The SMILES string of the molecule is CC(C)=CC(=O)CCC1CCCCO1. The van der Waals surface area contributed by atoms with Crippen LogP contribution in [0.3, 0.4) is 0 Å². The maximum absolute atomic E-state index is 11.4. The Balaban J connectivity index is 2.19. The van der Waals surface area contributed by atoms with Crippen LogP contribution in [0.4, 0.5) is 0 Å². The zero-order chi connectivity index (χ0) is 10.4. The average Bonchev–Trinajstić information content (AvgIpc) is 2.15. The first-order valence-electron chi connectivity index (χ1n) is 5.48.